The van der Waals surface area contributed by atoms with Crippen molar-refractivity contribution in [1.29, 1.82) is 0 Å². The van der Waals surface area contributed by atoms with Crippen molar-refractivity contribution in [2.24, 2.45) is 5.84 Å². The summed E-state index contributed by atoms with van der Waals surface area (Å²) in [6.07, 6.45) is 14.0. The van der Waals surface area contributed by atoms with Gasteiger partial charge in [-0.2, -0.15) is 0 Å². The number of hydrazine groups is 1. The van der Waals surface area contributed by atoms with Gasteiger partial charge in [0.05, 0.1) is 0 Å². The van der Waals surface area contributed by atoms with Crippen LogP contribution in [0.25, 0.3) is 0 Å². The molecule has 0 aliphatic heterocycles. The summed E-state index contributed by atoms with van der Waals surface area (Å²) in [6.45, 7) is 0. The molecule has 0 atom stereocenters. The highest BCUT2D eigenvalue weighted by Gasteiger charge is 2.11. The van der Waals surface area contributed by atoms with Crippen LogP contribution in [0.3, 0.4) is 0 Å². The Bertz CT molecular complexity index is 197. The van der Waals surface area contributed by atoms with E-state index in [4.69, 9.17) is 5.84 Å². The van der Waals surface area contributed by atoms with Gasteiger partial charge in [0.25, 0.3) is 0 Å². The first-order valence-electron chi connectivity index (χ1n) is 7.10. The van der Waals surface area contributed by atoms with E-state index in [1.165, 1.54) is 57.8 Å². The van der Waals surface area contributed by atoms with Crippen molar-refractivity contribution in [2.45, 2.75) is 76.7 Å². The van der Waals surface area contributed by atoms with E-state index in [-0.39, 0.29) is 6.03 Å². The highest BCUT2D eigenvalue weighted by Crippen LogP contribution is 2.16. The maximum absolute atomic E-state index is 11.2. The van der Waals surface area contributed by atoms with E-state index < -0.39 is 0 Å². The zero-order valence-electron chi connectivity index (χ0n) is 10.8. The lowest BCUT2D eigenvalue weighted by Gasteiger charge is -2.19. The molecule has 0 aromatic rings. The van der Waals surface area contributed by atoms with E-state index in [1.807, 2.05) is 0 Å². The second-order valence-corrected chi connectivity index (χ2v) is 5.07. The van der Waals surface area contributed by atoms with Gasteiger partial charge in [-0.05, 0) is 12.8 Å². The summed E-state index contributed by atoms with van der Waals surface area (Å²) in [7, 11) is 0. The highest BCUT2D eigenvalue weighted by atomic mass is 16.2. The van der Waals surface area contributed by atoms with E-state index in [1.54, 1.807) is 0 Å². The molecule has 0 aromatic carbocycles. The third-order valence-electron chi connectivity index (χ3n) is 3.57. The van der Waals surface area contributed by atoms with Crippen molar-refractivity contribution < 1.29 is 4.79 Å². The van der Waals surface area contributed by atoms with Crippen molar-refractivity contribution in [3.8, 4) is 0 Å². The van der Waals surface area contributed by atoms with Gasteiger partial charge in [-0.3, -0.25) is 5.43 Å². The van der Waals surface area contributed by atoms with Gasteiger partial charge in [0.2, 0.25) is 0 Å². The quantitative estimate of drug-likeness (QED) is 0.375. The van der Waals surface area contributed by atoms with Gasteiger partial charge < -0.3 is 5.32 Å². The third kappa shape index (κ3) is 7.21. The van der Waals surface area contributed by atoms with Crippen LogP contribution in [0.2, 0.25) is 0 Å². The zero-order chi connectivity index (χ0) is 12.3. The van der Waals surface area contributed by atoms with Gasteiger partial charge in [0.15, 0.2) is 0 Å². The Morgan fingerprint density at radius 2 is 1.24 bits per heavy atom. The molecule has 1 aliphatic rings. The Morgan fingerprint density at radius 1 is 0.824 bits per heavy atom. The zero-order valence-corrected chi connectivity index (χ0v) is 10.8. The fraction of sp³-hybridized carbons (Fsp3) is 0.923. The largest absolute Gasteiger partial charge is 0.334 e. The molecule has 0 heterocycles. The van der Waals surface area contributed by atoms with E-state index >= 15 is 0 Å². The second-order valence-electron chi connectivity index (χ2n) is 5.07. The van der Waals surface area contributed by atoms with Crippen LogP contribution in [0.5, 0.6) is 0 Å². The first-order valence-corrected chi connectivity index (χ1v) is 7.10. The molecule has 0 radical (unpaired) electrons. The Balaban J connectivity index is 2.29. The lowest BCUT2D eigenvalue weighted by molar-refractivity contribution is 0.234. The fourth-order valence-electron chi connectivity index (χ4n) is 2.53. The van der Waals surface area contributed by atoms with Crippen molar-refractivity contribution >= 4 is 6.03 Å². The number of nitrogens with two attached hydrogens (primary N) is 1. The lowest BCUT2D eigenvalue weighted by atomic mass is 9.98. The number of hydrogen-bond acceptors (Lipinski definition) is 2. The van der Waals surface area contributed by atoms with E-state index in [0.717, 1.165) is 12.8 Å². The molecule has 17 heavy (non-hydrogen) atoms. The minimum Gasteiger partial charge on any atom is -0.334 e. The molecule has 1 aliphatic carbocycles. The van der Waals surface area contributed by atoms with Crippen molar-refractivity contribution in [1.82, 2.24) is 10.7 Å². The molecule has 1 rings (SSSR count). The Kier molecular flexibility index (Phi) is 7.80. The molecule has 0 spiro atoms. The number of nitrogens with one attached hydrogen (secondary N) is 2. The number of carbonyl (C=O) groups is 1. The number of hydrogen-bond donors (Lipinski definition) is 3. The van der Waals surface area contributed by atoms with E-state index in [9.17, 15) is 4.79 Å². The molecule has 4 heteroatoms. The van der Waals surface area contributed by atoms with Crippen molar-refractivity contribution in [2.75, 3.05) is 0 Å². The van der Waals surface area contributed by atoms with Crippen molar-refractivity contribution in [3.63, 3.8) is 0 Å². The van der Waals surface area contributed by atoms with E-state index in [2.05, 4.69) is 10.7 Å². The fourth-order valence-corrected chi connectivity index (χ4v) is 2.53. The minimum absolute atomic E-state index is 0.248. The SMILES string of the molecule is NNC(=O)NC1CCCCCCCCCCC1. The molecular formula is C13H27N3O. The maximum atomic E-state index is 11.2. The lowest BCUT2D eigenvalue weighted by Crippen LogP contribution is -2.45. The van der Waals surface area contributed by atoms with Crippen molar-refractivity contribution in [3.05, 3.63) is 0 Å². The van der Waals surface area contributed by atoms with Crippen LogP contribution in [0.4, 0.5) is 4.79 Å². The predicted octanol–water partition coefficient (Wildman–Crippen LogP) is 2.83. The summed E-state index contributed by atoms with van der Waals surface area (Å²) in [5, 5.41) is 2.95. The summed E-state index contributed by atoms with van der Waals surface area (Å²) in [5.74, 6) is 5.10. The van der Waals surface area contributed by atoms with E-state index in [0.29, 0.717) is 6.04 Å². The molecule has 0 bridgehead atoms. The molecule has 100 valence electrons. The Labute approximate surface area is 105 Å². The standard InChI is InChI=1S/C13H27N3O/c14-16-13(17)15-12-10-8-6-4-2-1-3-5-7-9-11-12/h12H,1-11,14H2,(H2,15,16,17). The topological polar surface area (TPSA) is 67.1 Å². The highest BCUT2D eigenvalue weighted by molar-refractivity contribution is 5.73. The smallest absolute Gasteiger partial charge is 0.329 e. The van der Waals surface area contributed by atoms with Gasteiger partial charge in [0, 0.05) is 6.04 Å². The molecule has 4 nitrogen and oxygen atoms in total. The van der Waals surface area contributed by atoms with Crippen LogP contribution in [0.1, 0.15) is 70.6 Å². The molecule has 0 unspecified atom stereocenters. The monoisotopic (exact) mass is 241 g/mol. The first-order chi connectivity index (χ1) is 8.33. The molecule has 0 saturated heterocycles. The average Bonchev–Trinajstić information content (AvgIpc) is 2.32. The van der Waals surface area contributed by atoms with Gasteiger partial charge in [-0.25, -0.2) is 10.6 Å². The van der Waals surface area contributed by atoms with Crippen LogP contribution in [-0.4, -0.2) is 12.1 Å². The minimum atomic E-state index is -0.248. The number of carbonyl (C=O) groups excluding carboxylic acids is 1. The first kappa shape index (κ1) is 14.3. The Hall–Kier alpha value is -0.770. The van der Waals surface area contributed by atoms with Crippen LogP contribution in [0.15, 0.2) is 0 Å². The Morgan fingerprint density at radius 3 is 1.65 bits per heavy atom. The van der Waals surface area contributed by atoms with Gasteiger partial charge in [-0.15, -0.1) is 0 Å². The number of amides is 2. The molecule has 1 saturated carbocycles. The van der Waals surface area contributed by atoms with Gasteiger partial charge in [-0.1, -0.05) is 57.8 Å². The van der Waals surface area contributed by atoms with Crippen LogP contribution in [0, 0.1) is 0 Å². The molecular weight excluding hydrogens is 214 g/mol. The van der Waals surface area contributed by atoms with Gasteiger partial charge in [0.1, 0.15) is 0 Å². The van der Waals surface area contributed by atoms with Gasteiger partial charge >= 0.3 is 6.03 Å². The summed E-state index contributed by atoms with van der Waals surface area (Å²) in [5.41, 5.74) is 2.15. The number of urea groups is 1. The second kappa shape index (κ2) is 9.28. The summed E-state index contributed by atoms with van der Waals surface area (Å²) in [6, 6.07) is 0.0556. The summed E-state index contributed by atoms with van der Waals surface area (Å²) >= 11 is 0. The van der Waals surface area contributed by atoms with Crippen LogP contribution < -0.4 is 16.6 Å². The molecule has 2 amide bonds. The maximum Gasteiger partial charge on any atom is 0.329 e. The van der Waals surface area contributed by atoms with Crippen LogP contribution in [-0.2, 0) is 0 Å². The molecule has 1 fully saturated rings. The normalized spacial score (nSPS) is 21.0. The third-order valence-corrected chi connectivity index (χ3v) is 3.57. The number of rotatable bonds is 1. The summed E-state index contributed by atoms with van der Waals surface area (Å²) in [4.78, 5) is 11.2. The molecule has 0 aromatic heterocycles. The predicted molar refractivity (Wildman–Crippen MR) is 70.4 cm³/mol. The van der Waals surface area contributed by atoms with Crippen LogP contribution >= 0.6 is 0 Å². The average molecular weight is 241 g/mol. The molecule has 4 N–H and O–H groups in total. The summed E-state index contributed by atoms with van der Waals surface area (Å²) < 4.78 is 0.